The molecule has 2 aromatic carbocycles. The second kappa shape index (κ2) is 6.73. The zero-order valence-electron chi connectivity index (χ0n) is 12.9. The Morgan fingerprint density at radius 1 is 1.04 bits per heavy atom. The molecule has 0 radical (unpaired) electrons. The molecule has 0 fully saturated rings. The van der Waals surface area contributed by atoms with Crippen LogP contribution >= 0.6 is 0 Å². The van der Waals surface area contributed by atoms with Crippen molar-refractivity contribution in [3.8, 4) is 0 Å². The lowest BCUT2D eigenvalue weighted by Gasteiger charge is -2.09. The Morgan fingerprint density at radius 2 is 1.72 bits per heavy atom. The van der Waals surface area contributed by atoms with Crippen molar-refractivity contribution in [2.75, 3.05) is 16.6 Å². The first-order valence-corrected chi connectivity index (χ1v) is 8.73. The van der Waals surface area contributed by atoms with E-state index in [9.17, 15) is 13.2 Å². The van der Waals surface area contributed by atoms with Crippen molar-refractivity contribution in [1.82, 2.24) is 9.97 Å². The zero-order chi connectivity index (χ0) is 17.9. The summed E-state index contributed by atoms with van der Waals surface area (Å²) in [5.41, 5.74) is 1.75. The number of benzene rings is 2. The molecule has 0 atom stereocenters. The van der Waals surface area contributed by atoms with Crippen molar-refractivity contribution in [1.29, 1.82) is 0 Å². The Balaban J connectivity index is 1.79. The molecule has 3 N–H and O–H groups in total. The maximum absolute atomic E-state index is 12.4. The third-order valence-electron chi connectivity index (χ3n) is 3.30. The van der Waals surface area contributed by atoms with Crippen LogP contribution in [0.5, 0.6) is 0 Å². The Labute approximate surface area is 143 Å². The van der Waals surface area contributed by atoms with E-state index >= 15 is 0 Å². The Kier molecular flexibility index (Phi) is 4.48. The van der Waals surface area contributed by atoms with Crippen molar-refractivity contribution in [2.45, 2.75) is 4.90 Å². The fourth-order valence-electron chi connectivity index (χ4n) is 2.13. The Bertz CT molecular complexity index is 1020. The standard InChI is InChI=1S/C16H14N4O4S/c21-16(22)10-17-11-5-7-12(8-6-11)25(23,24)20-15-9-18-13-3-1-2-4-14(13)19-15/h1-9,17H,10H2,(H,19,20)(H,21,22). The molecule has 0 bridgehead atoms. The number of fused-ring (bicyclic) bond motifs is 1. The average Bonchev–Trinajstić information content (AvgIpc) is 2.60. The molecule has 3 aromatic rings. The van der Waals surface area contributed by atoms with Crippen LogP contribution in [0.2, 0.25) is 0 Å². The van der Waals surface area contributed by atoms with Crippen LogP contribution in [0.25, 0.3) is 11.0 Å². The van der Waals surface area contributed by atoms with Gasteiger partial charge in [0, 0.05) is 5.69 Å². The van der Waals surface area contributed by atoms with Gasteiger partial charge in [0.15, 0.2) is 5.82 Å². The van der Waals surface area contributed by atoms with Gasteiger partial charge in [-0.3, -0.25) is 14.5 Å². The van der Waals surface area contributed by atoms with E-state index in [4.69, 9.17) is 5.11 Å². The van der Waals surface area contributed by atoms with E-state index < -0.39 is 16.0 Å². The van der Waals surface area contributed by atoms with Crippen molar-refractivity contribution >= 4 is 38.5 Å². The first-order valence-electron chi connectivity index (χ1n) is 7.24. The normalized spacial score (nSPS) is 11.2. The van der Waals surface area contributed by atoms with E-state index in [0.29, 0.717) is 16.7 Å². The number of hydrogen-bond acceptors (Lipinski definition) is 6. The van der Waals surface area contributed by atoms with Gasteiger partial charge < -0.3 is 10.4 Å². The molecular weight excluding hydrogens is 344 g/mol. The summed E-state index contributed by atoms with van der Waals surface area (Å²) >= 11 is 0. The van der Waals surface area contributed by atoms with E-state index in [1.807, 2.05) is 6.07 Å². The molecule has 0 aliphatic rings. The van der Waals surface area contributed by atoms with Gasteiger partial charge in [0.1, 0.15) is 6.54 Å². The molecule has 1 aromatic heterocycles. The third kappa shape index (κ3) is 4.01. The third-order valence-corrected chi connectivity index (χ3v) is 4.67. The minimum Gasteiger partial charge on any atom is -0.480 e. The highest BCUT2D eigenvalue weighted by atomic mass is 32.2. The Morgan fingerprint density at radius 3 is 2.40 bits per heavy atom. The average molecular weight is 358 g/mol. The molecule has 128 valence electrons. The topological polar surface area (TPSA) is 121 Å². The molecule has 0 unspecified atom stereocenters. The van der Waals surface area contributed by atoms with E-state index in [-0.39, 0.29) is 17.3 Å². The molecule has 0 saturated carbocycles. The molecule has 0 aliphatic carbocycles. The lowest BCUT2D eigenvalue weighted by atomic mass is 10.3. The minimum atomic E-state index is -3.83. The summed E-state index contributed by atoms with van der Waals surface area (Å²) in [6.45, 7) is -0.253. The van der Waals surface area contributed by atoms with Gasteiger partial charge in [-0.25, -0.2) is 13.4 Å². The van der Waals surface area contributed by atoms with Crippen LogP contribution in [0, 0.1) is 0 Å². The molecule has 0 spiro atoms. The maximum atomic E-state index is 12.4. The summed E-state index contributed by atoms with van der Waals surface area (Å²) < 4.78 is 27.2. The summed E-state index contributed by atoms with van der Waals surface area (Å²) in [7, 11) is -3.83. The van der Waals surface area contributed by atoms with E-state index in [2.05, 4.69) is 20.0 Å². The molecule has 25 heavy (non-hydrogen) atoms. The largest absolute Gasteiger partial charge is 0.480 e. The number of carboxylic acids is 1. The summed E-state index contributed by atoms with van der Waals surface area (Å²) in [6.07, 6.45) is 1.35. The van der Waals surface area contributed by atoms with Crippen LogP contribution in [0.4, 0.5) is 11.5 Å². The lowest BCUT2D eigenvalue weighted by molar-refractivity contribution is -0.134. The SMILES string of the molecule is O=C(O)CNc1ccc(S(=O)(=O)Nc2cnc3ccccc3n2)cc1. The van der Waals surface area contributed by atoms with Crippen LogP contribution in [-0.2, 0) is 14.8 Å². The monoisotopic (exact) mass is 358 g/mol. The fraction of sp³-hybridized carbons (Fsp3) is 0.0625. The number of hydrogen-bond donors (Lipinski definition) is 3. The van der Waals surface area contributed by atoms with Crippen LogP contribution < -0.4 is 10.0 Å². The van der Waals surface area contributed by atoms with E-state index in [1.165, 1.54) is 30.5 Å². The number of nitrogens with one attached hydrogen (secondary N) is 2. The van der Waals surface area contributed by atoms with Gasteiger partial charge in [-0.1, -0.05) is 12.1 Å². The predicted molar refractivity (Wildman–Crippen MR) is 92.9 cm³/mol. The molecule has 3 rings (SSSR count). The van der Waals surface area contributed by atoms with Crippen molar-refractivity contribution in [3.63, 3.8) is 0 Å². The van der Waals surface area contributed by atoms with Crippen molar-refractivity contribution in [3.05, 3.63) is 54.7 Å². The Hall–Kier alpha value is -3.20. The lowest BCUT2D eigenvalue weighted by Crippen LogP contribution is -2.15. The minimum absolute atomic E-state index is 0.0309. The van der Waals surface area contributed by atoms with E-state index in [0.717, 1.165) is 0 Å². The van der Waals surface area contributed by atoms with Gasteiger partial charge >= 0.3 is 5.97 Å². The fourth-order valence-corrected chi connectivity index (χ4v) is 3.12. The van der Waals surface area contributed by atoms with Crippen molar-refractivity contribution in [2.24, 2.45) is 0 Å². The van der Waals surface area contributed by atoms with Crippen LogP contribution in [0.1, 0.15) is 0 Å². The van der Waals surface area contributed by atoms with Gasteiger partial charge in [0.05, 0.1) is 22.1 Å². The first-order chi connectivity index (χ1) is 11.9. The number of sulfonamides is 1. The molecule has 0 amide bonds. The van der Waals surface area contributed by atoms with Gasteiger partial charge in [0.2, 0.25) is 0 Å². The highest BCUT2D eigenvalue weighted by Crippen LogP contribution is 2.18. The predicted octanol–water partition coefficient (Wildman–Crippen LogP) is 1.93. The summed E-state index contributed by atoms with van der Waals surface area (Å²) in [4.78, 5) is 18.9. The van der Waals surface area contributed by atoms with Gasteiger partial charge in [-0.15, -0.1) is 0 Å². The quantitative estimate of drug-likeness (QED) is 0.615. The molecule has 1 heterocycles. The van der Waals surface area contributed by atoms with Crippen LogP contribution in [0.3, 0.4) is 0 Å². The zero-order valence-corrected chi connectivity index (χ0v) is 13.7. The number of rotatable bonds is 6. The molecule has 0 aliphatic heterocycles. The summed E-state index contributed by atoms with van der Waals surface area (Å²) in [5, 5.41) is 11.3. The highest BCUT2D eigenvalue weighted by Gasteiger charge is 2.15. The summed E-state index contributed by atoms with van der Waals surface area (Å²) in [6, 6.07) is 12.9. The number of anilines is 2. The number of aromatic nitrogens is 2. The number of carbonyl (C=O) groups is 1. The number of para-hydroxylation sites is 2. The smallest absolute Gasteiger partial charge is 0.322 e. The number of aliphatic carboxylic acids is 1. The van der Waals surface area contributed by atoms with Crippen molar-refractivity contribution < 1.29 is 18.3 Å². The van der Waals surface area contributed by atoms with E-state index in [1.54, 1.807) is 18.2 Å². The van der Waals surface area contributed by atoms with Gasteiger partial charge in [0.25, 0.3) is 10.0 Å². The second-order valence-electron chi connectivity index (χ2n) is 5.12. The van der Waals surface area contributed by atoms with Crippen LogP contribution in [0.15, 0.2) is 59.6 Å². The molecular formula is C16H14N4O4S. The highest BCUT2D eigenvalue weighted by molar-refractivity contribution is 7.92. The number of nitrogens with zero attached hydrogens (tertiary/aromatic N) is 2. The molecule has 8 nitrogen and oxygen atoms in total. The second-order valence-corrected chi connectivity index (χ2v) is 6.80. The van der Waals surface area contributed by atoms with Gasteiger partial charge in [-0.05, 0) is 36.4 Å². The molecule has 9 heteroatoms. The number of carboxylic acid groups (broad SMARTS) is 1. The first kappa shape index (κ1) is 16.7. The molecule has 0 saturated heterocycles. The van der Waals surface area contributed by atoms with Gasteiger partial charge in [-0.2, -0.15) is 0 Å². The maximum Gasteiger partial charge on any atom is 0.322 e. The van der Waals surface area contributed by atoms with Crippen LogP contribution in [-0.4, -0.2) is 36.0 Å². The summed E-state index contributed by atoms with van der Waals surface area (Å²) in [5.74, 6) is -0.889.